The number of carbonyl (C=O) groups is 3. The maximum absolute atomic E-state index is 14.4. The molecule has 1 unspecified atom stereocenters. The van der Waals surface area contributed by atoms with Gasteiger partial charge in [-0.15, -0.1) is 0 Å². The Morgan fingerprint density at radius 2 is 1.45 bits per heavy atom. The third-order valence-corrected chi connectivity index (χ3v) is 8.74. The van der Waals surface area contributed by atoms with Gasteiger partial charge in [0.2, 0.25) is 11.8 Å². The van der Waals surface area contributed by atoms with Crippen molar-refractivity contribution in [2.45, 2.75) is 31.1 Å². The first-order valence-electron chi connectivity index (χ1n) is 14.2. The summed E-state index contributed by atoms with van der Waals surface area (Å²) < 4.78 is 17.7. The van der Waals surface area contributed by atoms with Crippen LogP contribution in [-0.2, 0) is 19.1 Å². The van der Waals surface area contributed by atoms with Gasteiger partial charge in [0, 0.05) is 31.0 Å². The molecule has 0 aromatic heterocycles. The van der Waals surface area contributed by atoms with Gasteiger partial charge in [0.1, 0.15) is 23.1 Å². The van der Waals surface area contributed by atoms with Crippen molar-refractivity contribution in [2.75, 3.05) is 49.8 Å². The van der Waals surface area contributed by atoms with Crippen LogP contribution in [0.5, 0.6) is 11.5 Å². The SMILES string of the molecule is CCOc1ccc(N2CC=C[C@]3(C)O[C@]45C=CCN(c6ccc(OC)cc6)C(=O)C4N(CCO)C(=O)[C@@H]5[C@@H]3C2=O)cc1. The first-order valence-corrected chi connectivity index (χ1v) is 14.2. The van der Waals surface area contributed by atoms with E-state index in [1.165, 1.54) is 4.90 Å². The molecule has 0 bridgehead atoms. The number of β-amino-alcohol motifs (C(OH)–C–C–N with tert-alkyl or cyclic N) is 1. The van der Waals surface area contributed by atoms with Gasteiger partial charge < -0.3 is 34.0 Å². The van der Waals surface area contributed by atoms with Gasteiger partial charge in [-0.05, 0) is 62.4 Å². The number of amides is 3. The molecule has 4 heterocycles. The van der Waals surface area contributed by atoms with Gasteiger partial charge in [0.25, 0.3) is 5.91 Å². The summed E-state index contributed by atoms with van der Waals surface area (Å²) in [6, 6.07) is 13.3. The molecular formula is C32H35N3O7. The largest absolute Gasteiger partial charge is 0.497 e. The molecule has 1 N–H and O–H groups in total. The number of aliphatic hydroxyl groups excluding tert-OH is 1. The number of anilines is 2. The van der Waals surface area contributed by atoms with Gasteiger partial charge in [-0.1, -0.05) is 24.3 Å². The number of benzene rings is 2. The molecule has 3 amide bonds. The van der Waals surface area contributed by atoms with Crippen molar-refractivity contribution >= 4 is 29.1 Å². The first kappa shape index (κ1) is 28.0. The molecule has 220 valence electrons. The molecule has 2 fully saturated rings. The molecule has 4 aliphatic heterocycles. The fourth-order valence-electron chi connectivity index (χ4n) is 6.98. The van der Waals surface area contributed by atoms with Crippen molar-refractivity contribution in [3.05, 3.63) is 72.8 Å². The number of nitrogens with zero attached hydrogens (tertiary/aromatic N) is 3. The van der Waals surface area contributed by atoms with Crippen LogP contribution in [0.3, 0.4) is 0 Å². The number of fused-ring (bicyclic) bond motifs is 2. The first-order chi connectivity index (χ1) is 20.3. The summed E-state index contributed by atoms with van der Waals surface area (Å²) in [5, 5.41) is 9.94. The second-order valence-corrected chi connectivity index (χ2v) is 11.1. The van der Waals surface area contributed by atoms with Crippen molar-refractivity contribution in [1.82, 2.24) is 4.90 Å². The molecule has 6 rings (SSSR count). The molecule has 4 aliphatic rings. The third-order valence-electron chi connectivity index (χ3n) is 8.74. The lowest BCUT2D eigenvalue weighted by Crippen LogP contribution is -2.56. The molecule has 42 heavy (non-hydrogen) atoms. The van der Waals surface area contributed by atoms with E-state index in [-0.39, 0.29) is 37.4 Å². The Balaban J connectivity index is 1.41. The molecule has 0 radical (unpaired) electrons. The van der Waals surface area contributed by atoms with Crippen molar-refractivity contribution in [3.8, 4) is 11.5 Å². The minimum Gasteiger partial charge on any atom is -0.497 e. The molecule has 2 saturated heterocycles. The number of ether oxygens (including phenoxy) is 3. The summed E-state index contributed by atoms with van der Waals surface area (Å²) in [4.78, 5) is 47.6. The van der Waals surface area contributed by atoms with Crippen LogP contribution in [0.15, 0.2) is 72.8 Å². The van der Waals surface area contributed by atoms with Gasteiger partial charge >= 0.3 is 0 Å². The lowest BCUT2D eigenvalue weighted by molar-refractivity contribution is -0.144. The minimum atomic E-state index is -1.40. The van der Waals surface area contributed by atoms with Gasteiger partial charge in [-0.2, -0.15) is 0 Å². The number of methoxy groups -OCH3 is 1. The smallest absolute Gasteiger partial charge is 0.253 e. The number of carbonyl (C=O) groups excluding carboxylic acids is 3. The lowest BCUT2D eigenvalue weighted by Gasteiger charge is -2.37. The van der Waals surface area contributed by atoms with Crippen LogP contribution in [0, 0.1) is 11.8 Å². The van der Waals surface area contributed by atoms with Crippen molar-refractivity contribution in [2.24, 2.45) is 11.8 Å². The van der Waals surface area contributed by atoms with E-state index in [9.17, 15) is 19.5 Å². The van der Waals surface area contributed by atoms with Crippen LogP contribution in [0.2, 0.25) is 0 Å². The Morgan fingerprint density at radius 1 is 0.857 bits per heavy atom. The minimum absolute atomic E-state index is 0.0583. The number of hydrogen-bond acceptors (Lipinski definition) is 7. The lowest BCUT2D eigenvalue weighted by atomic mass is 9.74. The van der Waals surface area contributed by atoms with Crippen LogP contribution >= 0.6 is 0 Å². The van der Waals surface area contributed by atoms with Crippen LogP contribution in [0.25, 0.3) is 0 Å². The van der Waals surface area contributed by atoms with E-state index in [1.807, 2.05) is 56.3 Å². The van der Waals surface area contributed by atoms with E-state index < -0.39 is 29.1 Å². The summed E-state index contributed by atoms with van der Waals surface area (Å²) >= 11 is 0. The zero-order chi connectivity index (χ0) is 29.6. The van der Waals surface area contributed by atoms with Crippen molar-refractivity contribution in [1.29, 1.82) is 0 Å². The molecule has 0 aliphatic carbocycles. The Hall–Kier alpha value is -4.15. The highest BCUT2D eigenvalue weighted by Crippen LogP contribution is 2.57. The summed E-state index contributed by atoms with van der Waals surface area (Å²) in [7, 11) is 1.57. The predicted molar refractivity (Wildman–Crippen MR) is 155 cm³/mol. The topological polar surface area (TPSA) is 109 Å². The van der Waals surface area contributed by atoms with E-state index in [0.29, 0.717) is 36.0 Å². The molecular weight excluding hydrogens is 538 g/mol. The zero-order valence-corrected chi connectivity index (χ0v) is 23.9. The van der Waals surface area contributed by atoms with Gasteiger partial charge in [-0.25, -0.2) is 0 Å². The Bertz CT molecular complexity index is 1440. The van der Waals surface area contributed by atoms with E-state index in [2.05, 4.69) is 0 Å². The maximum Gasteiger partial charge on any atom is 0.253 e. The Morgan fingerprint density at radius 3 is 2.05 bits per heavy atom. The second kappa shape index (κ2) is 10.6. The molecule has 10 heteroatoms. The number of rotatable bonds is 7. The van der Waals surface area contributed by atoms with E-state index in [0.717, 1.165) is 0 Å². The second-order valence-electron chi connectivity index (χ2n) is 11.1. The zero-order valence-electron chi connectivity index (χ0n) is 23.9. The highest BCUT2D eigenvalue weighted by molar-refractivity contribution is 6.07. The van der Waals surface area contributed by atoms with E-state index in [1.54, 1.807) is 47.3 Å². The molecule has 2 aromatic rings. The summed E-state index contributed by atoms with van der Waals surface area (Å²) in [5.41, 5.74) is -1.23. The van der Waals surface area contributed by atoms with Crippen LogP contribution in [-0.4, -0.2) is 84.9 Å². The molecule has 10 nitrogen and oxygen atoms in total. The number of likely N-dealkylation sites (tertiary alicyclic amines) is 1. The summed E-state index contributed by atoms with van der Waals surface area (Å²) in [5.74, 6) is -1.49. The van der Waals surface area contributed by atoms with Gasteiger partial charge in [-0.3, -0.25) is 14.4 Å². The molecule has 0 saturated carbocycles. The third kappa shape index (κ3) is 4.20. The quantitative estimate of drug-likeness (QED) is 0.507. The van der Waals surface area contributed by atoms with Gasteiger partial charge in [0.15, 0.2) is 0 Å². The molecule has 5 atom stereocenters. The monoisotopic (exact) mass is 573 g/mol. The normalized spacial score (nSPS) is 30.1. The van der Waals surface area contributed by atoms with E-state index in [4.69, 9.17) is 14.2 Å². The average molecular weight is 574 g/mol. The number of aliphatic hydroxyl groups is 1. The van der Waals surface area contributed by atoms with Gasteiger partial charge in [0.05, 0.1) is 37.8 Å². The summed E-state index contributed by atoms with van der Waals surface area (Å²) in [6.07, 6.45) is 7.35. The molecule has 2 aromatic carbocycles. The highest BCUT2D eigenvalue weighted by atomic mass is 16.5. The fraction of sp³-hybridized carbons (Fsp3) is 0.406. The molecule has 1 spiro atoms. The Kier molecular flexibility index (Phi) is 7.06. The van der Waals surface area contributed by atoms with Crippen molar-refractivity contribution < 1.29 is 33.7 Å². The van der Waals surface area contributed by atoms with Crippen molar-refractivity contribution in [3.63, 3.8) is 0 Å². The van der Waals surface area contributed by atoms with E-state index >= 15 is 0 Å². The van der Waals surface area contributed by atoms with Crippen LogP contribution in [0.1, 0.15) is 13.8 Å². The maximum atomic E-state index is 14.4. The predicted octanol–water partition coefficient (Wildman–Crippen LogP) is 2.56. The Labute approximate surface area is 244 Å². The standard InChI is InChI=1S/C32H35N3O7/c1-4-41-24-13-9-21(10-14-24)33-17-5-15-31(2)25(28(33)37)26-29(38)35(19-20-36)27-30(39)34(18-6-16-32(26,27)42-31)22-7-11-23(40-3)12-8-22/h5-16,25-27,36H,4,17-20H2,1-3H3/t25-,26+,27?,31+,32+/m1/s1. The summed E-state index contributed by atoms with van der Waals surface area (Å²) in [6.45, 7) is 4.41. The van der Waals surface area contributed by atoms with Crippen LogP contribution < -0.4 is 19.3 Å². The van der Waals surface area contributed by atoms with Crippen LogP contribution in [0.4, 0.5) is 11.4 Å². The fourth-order valence-corrected chi connectivity index (χ4v) is 6.98. The average Bonchev–Trinajstić information content (AvgIpc) is 3.24. The highest BCUT2D eigenvalue weighted by Gasteiger charge is 2.74. The number of hydrogen-bond donors (Lipinski definition) is 1.